The van der Waals surface area contributed by atoms with E-state index < -0.39 is 5.97 Å². The smallest absolute Gasteiger partial charge is 0.340 e. The number of carbonyl (C=O) groups is 2. The summed E-state index contributed by atoms with van der Waals surface area (Å²) in [5, 5.41) is 0.938. The zero-order valence-corrected chi connectivity index (χ0v) is 15.7. The van der Waals surface area contributed by atoms with E-state index in [2.05, 4.69) is 11.9 Å². The van der Waals surface area contributed by atoms with E-state index in [-0.39, 0.29) is 12.5 Å². The minimum atomic E-state index is -0.462. The molecule has 5 nitrogen and oxygen atoms in total. The molecule has 0 aliphatic carbocycles. The number of likely N-dealkylation sites (tertiary alicyclic amines) is 1. The van der Waals surface area contributed by atoms with Crippen molar-refractivity contribution >= 4 is 22.8 Å². The molecule has 1 aromatic heterocycles. The molecule has 0 saturated carbocycles. The number of benzene rings is 1. The number of piperidine rings is 1. The summed E-state index contributed by atoms with van der Waals surface area (Å²) in [6.07, 6.45) is 2.79. The Hall–Kier alpha value is -2.43. The van der Waals surface area contributed by atoms with Crippen LogP contribution in [-0.4, -0.2) is 41.5 Å². The van der Waals surface area contributed by atoms with Gasteiger partial charge in [0.15, 0.2) is 6.61 Å². The van der Waals surface area contributed by atoms with Gasteiger partial charge in [0.1, 0.15) is 0 Å². The fraction of sp³-hybridized carbons (Fsp3) is 0.476. The van der Waals surface area contributed by atoms with Crippen molar-refractivity contribution in [1.29, 1.82) is 0 Å². The average molecular weight is 354 g/mol. The number of aromatic nitrogens is 1. The van der Waals surface area contributed by atoms with Gasteiger partial charge >= 0.3 is 5.97 Å². The minimum Gasteiger partial charge on any atom is -0.452 e. The molecule has 3 rings (SSSR count). The highest BCUT2D eigenvalue weighted by Crippen LogP contribution is 2.24. The van der Waals surface area contributed by atoms with Crippen LogP contribution < -0.4 is 0 Å². The molecule has 0 spiro atoms. The van der Waals surface area contributed by atoms with Gasteiger partial charge in [-0.25, -0.2) is 4.79 Å². The second kappa shape index (κ2) is 7.85. The van der Waals surface area contributed by atoms with Gasteiger partial charge in [0.05, 0.1) is 16.8 Å². The molecular weight excluding hydrogens is 328 g/mol. The van der Waals surface area contributed by atoms with Crippen LogP contribution in [0, 0.1) is 12.8 Å². The molecule has 26 heavy (non-hydrogen) atoms. The molecule has 0 unspecified atom stereocenters. The highest BCUT2D eigenvalue weighted by molar-refractivity contribution is 5.99. The minimum absolute atomic E-state index is 0.116. The van der Waals surface area contributed by atoms with E-state index in [1.165, 1.54) is 0 Å². The van der Waals surface area contributed by atoms with Crippen LogP contribution >= 0.6 is 0 Å². The number of fused-ring (bicyclic) bond motifs is 1. The number of hydrogen-bond donors (Lipinski definition) is 0. The van der Waals surface area contributed by atoms with Crippen LogP contribution in [0.1, 0.15) is 48.3 Å². The van der Waals surface area contributed by atoms with Gasteiger partial charge in [-0.3, -0.25) is 9.78 Å². The van der Waals surface area contributed by atoms with Crippen molar-refractivity contribution in [2.24, 2.45) is 5.92 Å². The summed E-state index contributed by atoms with van der Waals surface area (Å²) in [4.78, 5) is 31.5. The first kappa shape index (κ1) is 18.4. The molecule has 1 fully saturated rings. The lowest BCUT2D eigenvalue weighted by atomic mass is 10.00. The van der Waals surface area contributed by atoms with Crippen LogP contribution in [0.5, 0.6) is 0 Å². The summed E-state index contributed by atoms with van der Waals surface area (Å²) in [7, 11) is 0. The zero-order chi connectivity index (χ0) is 18.7. The number of amides is 1. The molecule has 1 aliphatic heterocycles. The van der Waals surface area contributed by atoms with Crippen molar-refractivity contribution in [2.75, 3.05) is 19.7 Å². The molecule has 1 amide bonds. The van der Waals surface area contributed by atoms with E-state index in [4.69, 9.17) is 4.74 Å². The van der Waals surface area contributed by atoms with Gasteiger partial charge in [-0.15, -0.1) is 0 Å². The van der Waals surface area contributed by atoms with Crippen LogP contribution in [-0.2, 0) is 16.0 Å². The van der Waals surface area contributed by atoms with Crippen molar-refractivity contribution in [3.8, 4) is 0 Å². The third kappa shape index (κ3) is 3.71. The first-order chi connectivity index (χ1) is 12.5. The maximum Gasteiger partial charge on any atom is 0.340 e. The molecule has 0 radical (unpaired) electrons. The van der Waals surface area contributed by atoms with E-state index in [0.29, 0.717) is 23.6 Å². The van der Waals surface area contributed by atoms with E-state index in [9.17, 15) is 9.59 Å². The number of esters is 1. The Labute approximate surface area is 154 Å². The third-order valence-corrected chi connectivity index (χ3v) is 5.10. The Morgan fingerprint density at radius 2 is 2.08 bits per heavy atom. The van der Waals surface area contributed by atoms with Crippen LogP contribution in [0.15, 0.2) is 24.3 Å². The quantitative estimate of drug-likeness (QED) is 0.788. The van der Waals surface area contributed by atoms with Gasteiger partial charge in [0.2, 0.25) is 0 Å². The van der Waals surface area contributed by atoms with Gasteiger partial charge in [0, 0.05) is 18.5 Å². The maximum absolute atomic E-state index is 12.7. The van der Waals surface area contributed by atoms with Gasteiger partial charge < -0.3 is 9.64 Å². The van der Waals surface area contributed by atoms with Gasteiger partial charge in [0.25, 0.3) is 5.91 Å². The summed E-state index contributed by atoms with van der Waals surface area (Å²) in [6, 6.07) is 7.76. The van der Waals surface area contributed by atoms with Crippen LogP contribution in [0.2, 0.25) is 0 Å². The highest BCUT2D eigenvalue weighted by Gasteiger charge is 2.24. The van der Waals surface area contributed by atoms with E-state index in [0.717, 1.165) is 42.4 Å². The largest absolute Gasteiger partial charge is 0.452 e. The number of carbonyl (C=O) groups excluding carboxylic acids is 2. The first-order valence-electron chi connectivity index (χ1n) is 9.34. The Morgan fingerprint density at radius 3 is 2.81 bits per heavy atom. The van der Waals surface area contributed by atoms with Crippen LogP contribution in [0.3, 0.4) is 0 Å². The fourth-order valence-corrected chi connectivity index (χ4v) is 3.67. The zero-order valence-electron chi connectivity index (χ0n) is 15.7. The molecule has 1 aliphatic rings. The lowest BCUT2D eigenvalue weighted by molar-refractivity contribution is -0.136. The topological polar surface area (TPSA) is 59.5 Å². The predicted octanol–water partition coefficient (Wildman–Crippen LogP) is 3.52. The van der Waals surface area contributed by atoms with Gasteiger partial charge in [-0.1, -0.05) is 32.0 Å². The second-order valence-corrected chi connectivity index (χ2v) is 7.09. The van der Waals surface area contributed by atoms with Crippen molar-refractivity contribution in [3.05, 3.63) is 41.1 Å². The molecule has 0 bridgehead atoms. The Morgan fingerprint density at radius 1 is 1.31 bits per heavy atom. The summed E-state index contributed by atoms with van der Waals surface area (Å²) in [5.74, 6) is -0.0765. The van der Waals surface area contributed by atoms with Crippen molar-refractivity contribution in [2.45, 2.75) is 40.0 Å². The van der Waals surface area contributed by atoms with E-state index in [1.54, 1.807) is 4.90 Å². The normalized spacial score (nSPS) is 17.3. The molecular formula is C21H26N2O3. The molecule has 138 valence electrons. The average Bonchev–Trinajstić information content (AvgIpc) is 2.65. The summed E-state index contributed by atoms with van der Waals surface area (Å²) in [6.45, 7) is 7.30. The molecule has 1 saturated heterocycles. The van der Waals surface area contributed by atoms with Crippen molar-refractivity contribution in [3.63, 3.8) is 0 Å². The van der Waals surface area contributed by atoms with Crippen molar-refractivity contribution < 1.29 is 14.3 Å². The van der Waals surface area contributed by atoms with E-state index >= 15 is 0 Å². The monoisotopic (exact) mass is 354 g/mol. The Balaban J connectivity index is 1.77. The molecule has 2 heterocycles. The number of pyridine rings is 1. The van der Waals surface area contributed by atoms with Crippen LogP contribution in [0.4, 0.5) is 0 Å². The summed E-state index contributed by atoms with van der Waals surface area (Å²) >= 11 is 0. The number of ether oxygens (including phenoxy) is 1. The number of rotatable bonds is 4. The van der Waals surface area contributed by atoms with Crippen molar-refractivity contribution in [1.82, 2.24) is 9.88 Å². The third-order valence-electron chi connectivity index (χ3n) is 5.10. The fourth-order valence-electron chi connectivity index (χ4n) is 3.67. The lowest BCUT2D eigenvalue weighted by Gasteiger charge is -2.30. The number of aryl methyl sites for hydroxylation is 2. The number of para-hydroxylation sites is 1. The predicted molar refractivity (Wildman–Crippen MR) is 101 cm³/mol. The summed E-state index contributed by atoms with van der Waals surface area (Å²) < 4.78 is 5.38. The van der Waals surface area contributed by atoms with Crippen LogP contribution in [0.25, 0.3) is 10.9 Å². The van der Waals surface area contributed by atoms with Gasteiger partial charge in [-0.05, 0) is 43.7 Å². The highest BCUT2D eigenvalue weighted by atomic mass is 16.5. The lowest BCUT2D eigenvalue weighted by Crippen LogP contribution is -2.41. The molecule has 5 heteroatoms. The molecule has 2 aromatic rings. The SMILES string of the molecule is CCc1nc2ccccc2c(C)c1C(=O)OCC(=O)N1CCC[C@@H](C)C1. The molecule has 0 N–H and O–H groups in total. The van der Waals surface area contributed by atoms with Gasteiger partial charge in [-0.2, -0.15) is 0 Å². The standard InChI is InChI=1S/C21H26N2O3/c1-4-17-20(15(3)16-9-5-6-10-18(16)22-17)21(25)26-13-19(24)23-11-7-8-14(2)12-23/h5-6,9-10,14H,4,7-8,11-13H2,1-3H3/t14-/m1/s1. The molecule has 1 aromatic carbocycles. The number of hydrogen-bond acceptors (Lipinski definition) is 4. The number of nitrogens with zero attached hydrogens (tertiary/aromatic N) is 2. The maximum atomic E-state index is 12.7. The summed E-state index contributed by atoms with van der Waals surface area (Å²) in [5.41, 5.74) is 2.93. The molecule has 1 atom stereocenters. The van der Waals surface area contributed by atoms with E-state index in [1.807, 2.05) is 38.1 Å². The Kier molecular flexibility index (Phi) is 5.55. The second-order valence-electron chi connectivity index (χ2n) is 7.09. The first-order valence-corrected chi connectivity index (χ1v) is 9.34. The Bertz CT molecular complexity index is 831.